The molecule has 0 saturated heterocycles. The average molecular weight is 409 g/mol. The molecule has 7 nitrogen and oxygen atoms in total. The Kier molecular flexibility index (Phi) is 6.49. The van der Waals surface area contributed by atoms with Crippen molar-refractivity contribution in [3.63, 3.8) is 0 Å². The van der Waals surface area contributed by atoms with Crippen molar-refractivity contribution in [1.29, 1.82) is 0 Å². The van der Waals surface area contributed by atoms with E-state index in [4.69, 9.17) is 9.47 Å². The van der Waals surface area contributed by atoms with E-state index in [9.17, 15) is 14.9 Å². The first-order valence-corrected chi connectivity index (χ1v) is 8.19. The molecule has 0 unspecified atom stereocenters. The first-order chi connectivity index (χ1) is 11.9. The number of methoxy groups -OCH3 is 1. The summed E-state index contributed by atoms with van der Waals surface area (Å²) in [4.78, 5) is 22.7. The number of rotatable bonds is 7. The van der Waals surface area contributed by atoms with Crippen molar-refractivity contribution in [2.75, 3.05) is 25.6 Å². The average Bonchev–Trinajstić information content (AvgIpc) is 2.58. The van der Waals surface area contributed by atoms with Crippen LogP contribution < -0.4 is 10.1 Å². The highest BCUT2D eigenvalue weighted by Crippen LogP contribution is 2.27. The molecular weight excluding hydrogens is 392 g/mol. The molecule has 132 valence electrons. The standard InChI is InChI=1S/C17H17BrN2O5/c1-11-9-13(20(22)23)4-5-15(11)19-17(21)12-3-6-16(14(18)10-12)25-8-7-24-2/h3-6,9-10H,7-8H2,1-2H3,(H,19,21). The van der Waals surface area contributed by atoms with Gasteiger partial charge in [-0.15, -0.1) is 0 Å². The maximum atomic E-state index is 12.4. The van der Waals surface area contributed by atoms with Crippen molar-refractivity contribution in [3.05, 3.63) is 62.1 Å². The molecule has 0 atom stereocenters. The van der Waals surface area contributed by atoms with E-state index < -0.39 is 4.92 Å². The maximum Gasteiger partial charge on any atom is 0.269 e. The van der Waals surface area contributed by atoms with Crippen molar-refractivity contribution in [2.45, 2.75) is 6.92 Å². The Hall–Kier alpha value is -2.45. The summed E-state index contributed by atoms with van der Waals surface area (Å²) in [5, 5.41) is 13.5. The third-order valence-electron chi connectivity index (χ3n) is 3.41. The molecule has 1 amide bonds. The third kappa shape index (κ3) is 5.01. The smallest absolute Gasteiger partial charge is 0.269 e. The molecule has 0 aliphatic heterocycles. The fourth-order valence-corrected chi connectivity index (χ4v) is 2.58. The number of hydrogen-bond donors (Lipinski definition) is 1. The highest BCUT2D eigenvalue weighted by Gasteiger charge is 2.13. The summed E-state index contributed by atoms with van der Waals surface area (Å²) < 4.78 is 11.1. The van der Waals surface area contributed by atoms with Crippen LogP contribution in [-0.4, -0.2) is 31.2 Å². The highest BCUT2D eigenvalue weighted by molar-refractivity contribution is 9.10. The summed E-state index contributed by atoms with van der Waals surface area (Å²) in [6.07, 6.45) is 0. The number of anilines is 1. The number of carbonyl (C=O) groups is 1. The first kappa shape index (κ1) is 18.9. The summed E-state index contributed by atoms with van der Waals surface area (Å²) in [7, 11) is 1.59. The number of nitro groups is 1. The SMILES string of the molecule is COCCOc1ccc(C(=O)Nc2ccc([N+](=O)[O-])cc2C)cc1Br. The van der Waals surface area contributed by atoms with E-state index in [0.717, 1.165) is 0 Å². The number of nitro benzene ring substituents is 1. The highest BCUT2D eigenvalue weighted by atomic mass is 79.9. The van der Waals surface area contributed by atoms with Crippen LogP contribution in [0, 0.1) is 17.0 Å². The first-order valence-electron chi connectivity index (χ1n) is 7.40. The van der Waals surface area contributed by atoms with Gasteiger partial charge in [-0.25, -0.2) is 0 Å². The second kappa shape index (κ2) is 8.59. The number of nitrogens with zero attached hydrogens (tertiary/aromatic N) is 1. The number of halogens is 1. The van der Waals surface area contributed by atoms with Gasteiger partial charge < -0.3 is 14.8 Å². The van der Waals surface area contributed by atoms with E-state index in [-0.39, 0.29) is 11.6 Å². The summed E-state index contributed by atoms with van der Waals surface area (Å²) in [6, 6.07) is 9.27. The summed E-state index contributed by atoms with van der Waals surface area (Å²) in [5.74, 6) is 0.293. The molecule has 1 N–H and O–H groups in total. The summed E-state index contributed by atoms with van der Waals surface area (Å²) >= 11 is 3.37. The predicted octanol–water partition coefficient (Wildman–Crippen LogP) is 3.94. The zero-order valence-corrected chi connectivity index (χ0v) is 15.3. The summed E-state index contributed by atoms with van der Waals surface area (Å²) in [5.41, 5.74) is 1.55. The number of ether oxygens (including phenoxy) is 2. The lowest BCUT2D eigenvalue weighted by Crippen LogP contribution is -2.13. The Morgan fingerprint density at radius 3 is 2.60 bits per heavy atom. The topological polar surface area (TPSA) is 90.7 Å². The number of carbonyl (C=O) groups excluding carboxylic acids is 1. The molecule has 0 heterocycles. The Morgan fingerprint density at radius 1 is 1.24 bits per heavy atom. The lowest BCUT2D eigenvalue weighted by Gasteiger charge is -2.11. The second-order valence-electron chi connectivity index (χ2n) is 5.20. The molecule has 0 saturated carbocycles. The predicted molar refractivity (Wildman–Crippen MR) is 97.3 cm³/mol. The minimum atomic E-state index is -0.474. The minimum absolute atomic E-state index is 0.0178. The van der Waals surface area contributed by atoms with Gasteiger partial charge in [0.1, 0.15) is 12.4 Å². The van der Waals surface area contributed by atoms with E-state index in [0.29, 0.717) is 40.3 Å². The Balaban J connectivity index is 2.10. The normalized spacial score (nSPS) is 10.4. The van der Waals surface area contributed by atoms with Crippen LogP contribution in [-0.2, 0) is 4.74 Å². The van der Waals surface area contributed by atoms with Gasteiger partial charge in [-0.1, -0.05) is 0 Å². The van der Waals surface area contributed by atoms with E-state index in [1.807, 2.05) is 0 Å². The van der Waals surface area contributed by atoms with Crippen LogP contribution in [0.5, 0.6) is 5.75 Å². The number of aryl methyl sites for hydroxylation is 1. The van der Waals surface area contributed by atoms with E-state index in [1.54, 1.807) is 32.2 Å². The zero-order valence-electron chi connectivity index (χ0n) is 13.7. The van der Waals surface area contributed by atoms with Gasteiger partial charge in [-0.05, 0) is 52.7 Å². The lowest BCUT2D eigenvalue weighted by molar-refractivity contribution is -0.384. The van der Waals surface area contributed by atoms with Gasteiger partial charge in [-0.3, -0.25) is 14.9 Å². The van der Waals surface area contributed by atoms with Crippen LogP contribution in [0.4, 0.5) is 11.4 Å². The van der Waals surface area contributed by atoms with Crippen LogP contribution in [0.1, 0.15) is 15.9 Å². The number of non-ortho nitro benzene ring substituents is 1. The minimum Gasteiger partial charge on any atom is -0.490 e. The molecule has 0 fully saturated rings. The summed E-state index contributed by atoms with van der Waals surface area (Å²) in [6.45, 7) is 2.57. The monoisotopic (exact) mass is 408 g/mol. The molecule has 0 aliphatic rings. The van der Waals surface area contributed by atoms with Crippen molar-refractivity contribution >= 4 is 33.2 Å². The van der Waals surface area contributed by atoms with Gasteiger partial charge in [-0.2, -0.15) is 0 Å². The molecule has 2 rings (SSSR count). The fraction of sp³-hybridized carbons (Fsp3) is 0.235. The Bertz CT molecular complexity index is 795. The second-order valence-corrected chi connectivity index (χ2v) is 6.05. The van der Waals surface area contributed by atoms with Crippen LogP contribution >= 0.6 is 15.9 Å². The van der Waals surface area contributed by atoms with Gasteiger partial charge in [0.05, 0.1) is 16.0 Å². The van der Waals surface area contributed by atoms with Crippen LogP contribution in [0.25, 0.3) is 0 Å². The van der Waals surface area contributed by atoms with Crippen molar-refractivity contribution < 1.29 is 19.2 Å². The fourth-order valence-electron chi connectivity index (χ4n) is 2.09. The number of hydrogen-bond acceptors (Lipinski definition) is 5. The molecule has 2 aromatic rings. The molecule has 0 spiro atoms. The van der Waals surface area contributed by atoms with Crippen LogP contribution in [0.3, 0.4) is 0 Å². The largest absolute Gasteiger partial charge is 0.490 e. The molecule has 2 aromatic carbocycles. The van der Waals surface area contributed by atoms with Gasteiger partial charge in [0.15, 0.2) is 0 Å². The number of amides is 1. The molecular formula is C17H17BrN2O5. The van der Waals surface area contributed by atoms with Crippen molar-refractivity contribution in [2.24, 2.45) is 0 Å². The van der Waals surface area contributed by atoms with E-state index in [1.165, 1.54) is 18.2 Å². The molecule has 0 radical (unpaired) electrons. The molecule has 25 heavy (non-hydrogen) atoms. The van der Waals surface area contributed by atoms with Gasteiger partial charge in [0.25, 0.3) is 11.6 Å². The zero-order chi connectivity index (χ0) is 18.4. The molecule has 0 aliphatic carbocycles. The number of benzene rings is 2. The van der Waals surface area contributed by atoms with Gasteiger partial charge >= 0.3 is 0 Å². The lowest BCUT2D eigenvalue weighted by atomic mass is 10.1. The number of nitrogens with one attached hydrogen (secondary N) is 1. The molecule has 0 aromatic heterocycles. The van der Waals surface area contributed by atoms with Crippen molar-refractivity contribution in [1.82, 2.24) is 0 Å². The quantitative estimate of drug-likeness (QED) is 0.425. The van der Waals surface area contributed by atoms with Gasteiger partial charge in [0.2, 0.25) is 0 Å². The molecule has 8 heteroatoms. The molecule has 0 bridgehead atoms. The maximum absolute atomic E-state index is 12.4. The Morgan fingerprint density at radius 2 is 2.00 bits per heavy atom. The Labute approximate surface area is 153 Å². The third-order valence-corrected chi connectivity index (χ3v) is 4.03. The van der Waals surface area contributed by atoms with Crippen LogP contribution in [0.15, 0.2) is 40.9 Å². The van der Waals surface area contributed by atoms with Crippen molar-refractivity contribution in [3.8, 4) is 5.75 Å². The van der Waals surface area contributed by atoms with E-state index >= 15 is 0 Å². The van der Waals surface area contributed by atoms with Gasteiger partial charge in [0, 0.05) is 30.5 Å². The van der Waals surface area contributed by atoms with Crippen LogP contribution in [0.2, 0.25) is 0 Å². The van der Waals surface area contributed by atoms with E-state index in [2.05, 4.69) is 21.2 Å².